The zero-order chi connectivity index (χ0) is 22.2. The highest BCUT2D eigenvalue weighted by Crippen LogP contribution is 2.27. The van der Waals surface area contributed by atoms with Crippen molar-refractivity contribution in [3.63, 3.8) is 0 Å². The van der Waals surface area contributed by atoms with Crippen LogP contribution < -0.4 is 5.32 Å². The van der Waals surface area contributed by atoms with Crippen LogP contribution in [-0.2, 0) is 9.63 Å². The molecule has 3 aromatic rings. The number of anilines is 1. The molecule has 0 aliphatic carbocycles. The number of rotatable bonds is 4. The maximum Gasteiger partial charge on any atom is 0.257 e. The van der Waals surface area contributed by atoms with Crippen LogP contribution in [0.5, 0.6) is 0 Å². The van der Waals surface area contributed by atoms with Gasteiger partial charge >= 0.3 is 0 Å². The minimum absolute atomic E-state index is 0.169. The van der Waals surface area contributed by atoms with Crippen LogP contribution in [-0.4, -0.2) is 38.0 Å². The first-order valence-corrected chi connectivity index (χ1v) is 9.72. The van der Waals surface area contributed by atoms with Crippen LogP contribution in [0.3, 0.4) is 0 Å². The number of ketones is 1. The van der Waals surface area contributed by atoms with Crippen molar-refractivity contribution in [3.05, 3.63) is 71.3 Å². The molecule has 1 aliphatic heterocycles. The number of nitrogens with zero attached hydrogens (tertiary/aromatic N) is 4. The van der Waals surface area contributed by atoms with Gasteiger partial charge in [-0.25, -0.2) is 4.98 Å². The first-order valence-electron chi connectivity index (χ1n) is 9.72. The molecule has 1 aliphatic rings. The summed E-state index contributed by atoms with van der Waals surface area (Å²) in [6.45, 7) is 7.14. The number of benzene rings is 1. The first kappa shape index (κ1) is 20.3. The molecule has 31 heavy (non-hydrogen) atoms. The lowest BCUT2D eigenvalue weighted by Gasteiger charge is -2.12. The number of carbonyl (C=O) groups is 2. The largest absolute Gasteiger partial charge is 0.381 e. The van der Waals surface area contributed by atoms with Gasteiger partial charge in [0, 0.05) is 29.1 Å². The molecular formula is C23H21N5O3. The van der Waals surface area contributed by atoms with E-state index in [4.69, 9.17) is 4.84 Å². The standard InChI is InChI=1S/C23H21N5O3/c1-13-5-6-15(20-21(29)23(3,4)31-28-20)9-17(13)18-11-26-19(12-25-18)27-22(30)16-7-8-24-10-14(16)2/h5-12H,1-4H3,(H,26,27,30). The Labute approximate surface area is 179 Å². The number of carbonyl (C=O) groups excluding carboxylic acids is 2. The van der Waals surface area contributed by atoms with Crippen LogP contribution in [0.4, 0.5) is 5.82 Å². The molecule has 0 saturated heterocycles. The molecular weight excluding hydrogens is 394 g/mol. The summed E-state index contributed by atoms with van der Waals surface area (Å²) in [7, 11) is 0. The number of hydrogen-bond acceptors (Lipinski definition) is 7. The predicted molar refractivity (Wildman–Crippen MR) is 116 cm³/mol. The van der Waals surface area contributed by atoms with Gasteiger partial charge in [0.2, 0.25) is 5.78 Å². The van der Waals surface area contributed by atoms with Crippen LogP contribution in [0.2, 0.25) is 0 Å². The Morgan fingerprint density at radius 2 is 1.84 bits per heavy atom. The third-order valence-electron chi connectivity index (χ3n) is 5.07. The van der Waals surface area contributed by atoms with Gasteiger partial charge in [0.05, 0.1) is 18.1 Å². The molecule has 8 nitrogen and oxygen atoms in total. The van der Waals surface area contributed by atoms with Gasteiger partial charge in [0.25, 0.3) is 5.91 Å². The van der Waals surface area contributed by atoms with E-state index >= 15 is 0 Å². The summed E-state index contributed by atoms with van der Waals surface area (Å²) < 4.78 is 0. The molecule has 4 rings (SSSR count). The maximum atomic E-state index is 12.5. The lowest BCUT2D eigenvalue weighted by Crippen LogP contribution is -2.33. The summed E-state index contributed by atoms with van der Waals surface area (Å²) in [5, 5.41) is 6.71. The Bertz CT molecular complexity index is 1220. The Kier molecular flexibility index (Phi) is 5.06. The smallest absolute Gasteiger partial charge is 0.257 e. The molecule has 1 N–H and O–H groups in total. The van der Waals surface area contributed by atoms with Crippen molar-refractivity contribution >= 4 is 23.2 Å². The highest BCUT2D eigenvalue weighted by atomic mass is 16.7. The summed E-state index contributed by atoms with van der Waals surface area (Å²) in [6.07, 6.45) is 6.28. The summed E-state index contributed by atoms with van der Waals surface area (Å²) in [5.41, 5.74) is 3.67. The van der Waals surface area contributed by atoms with Gasteiger partial charge in [-0.05, 0) is 51.0 Å². The second kappa shape index (κ2) is 7.71. The van der Waals surface area contributed by atoms with E-state index in [1.807, 2.05) is 32.0 Å². The Morgan fingerprint density at radius 1 is 1.03 bits per heavy atom. The third-order valence-corrected chi connectivity index (χ3v) is 5.07. The van der Waals surface area contributed by atoms with Crippen LogP contribution in [0.15, 0.2) is 54.2 Å². The zero-order valence-corrected chi connectivity index (χ0v) is 17.6. The van der Waals surface area contributed by atoms with Gasteiger partial charge in [-0.15, -0.1) is 0 Å². The van der Waals surface area contributed by atoms with Gasteiger partial charge < -0.3 is 10.2 Å². The van der Waals surface area contributed by atoms with E-state index in [0.717, 1.165) is 16.7 Å². The van der Waals surface area contributed by atoms with E-state index in [9.17, 15) is 9.59 Å². The number of hydrogen-bond donors (Lipinski definition) is 1. The lowest BCUT2D eigenvalue weighted by atomic mass is 9.93. The van der Waals surface area contributed by atoms with E-state index in [1.165, 1.54) is 6.20 Å². The van der Waals surface area contributed by atoms with Crippen molar-refractivity contribution in [2.45, 2.75) is 33.3 Å². The zero-order valence-electron chi connectivity index (χ0n) is 17.6. The molecule has 2 aromatic heterocycles. The van der Waals surface area contributed by atoms with Crippen molar-refractivity contribution in [1.29, 1.82) is 0 Å². The SMILES string of the molecule is Cc1cnccc1C(=O)Nc1cnc(-c2cc(C3=NOC(C)(C)C3=O)ccc2C)cn1. The van der Waals surface area contributed by atoms with Gasteiger partial charge in [0.15, 0.2) is 17.1 Å². The minimum Gasteiger partial charge on any atom is -0.381 e. The molecule has 0 unspecified atom stereocenters. The fraction of sp³-hybridized carbons (Fsp3) is 0.217. The van der Waals surface area contributed by atoms with Gasteiger partial charge in [-0.3, -0.25) is 19.6 Å². The fourth-order valence-corrected chi connectivity index (χ4v) is 3.20. The summed E-state index contributed by atoms with van der Waals surface area (Å²) in [5.74, 6) is -0.109. The quantitative estimate of drug-likeness (QED) is 0.699. The highest BCUT2D eigenvalue weighted by molar-refractivity contribution is 6.49. The van der Waals surface area contributed by atoms with Gasteiger partial charge in [-0.2, -0.15) is 0 Å². The molecule has 0 bridgehead atoms. The van der Waals surface area contributed by atoms with Crippen molar-refractivity contribution in [2.24, 2.45) is 5.16 Å². The lowest BCUT2D eigenvalue weighted by molar-refractivity contribution is -0.128. The van der Waals surface area contributed by atoms with E-state index in [1.54, 1.807) is 38.5 Å². The first-order chi connectivity index (χ1) is 14.8. The topological polar surface area (TPSA) is 106 Å². The molecule has 0 saturated carbocycles. The Balaban J connectivity index is 1.58. The number of aryl methyl sites for hydroxylation is 2. The molecule has 156 valence electrons. The highest BCUT2D eigenvalue weighted by Gasteiger charge is 2.40. The third kappa shape index (κ3) is 3.92. The normalized spacial score (nSPS) is 14.7. The van der Waals surface area contributed by atoms with E-state index < -0.39 is 5.60 Å². The van der Waals surface area contributed by atoms with E-state index in [2.05, 4.69) is 25.4 Å². The molecule has 0 atom stereocenters. The predicted octanol–water partition coefficient (Wildman–Crippen LogP) is 3.49. The molecule has 1 amide bonds. The van der Waals surface area contributed by atoms with Crippen molar-refractivity contribution < 1.29 is 14.4 Å². The molecule has 0 radical (unpaired) electrons. The average Bonchev–Trinajstić information content (AvgIpc) is 3.02. The minimum atomic E-state index is -0.965. The summed E-state index contributed by atoms with van der Waals surface area (Å²) >= 11 is 0. The fourth-order valence-electron chi connectivity index (χ4n) is 3.20. The van der Waals surface area contributed by atoms with Crippen LogP contribution in [0.1, 0.15) is 40.9 Å². The van der Waals surface area contributed by atoms with Crippen LogP contribution in [0, 0.1) is 13.8 Å². The molecule has 0 fully saturated rings. The van der Waals surface area contributed by atoms with Crippen molar-refractivity contribution in [3.8, 4) is 11.3 Å². The number of Topliss-reactive ketones (excluding diaryl/α,β-unsaturated/α-hetero) is 1. The van der Waals surface area contributed by atoms with Crippen molar-refractivity contribution in [1.82, 2.24) is 15.0 Å². The number of aromatic nitrogens is 3. The van der Waals surface area contributed by atoms with Gasteiger partial charge in [-0.1, -0.05) is 17.3 Å². The van der Waals surface area contributed by atoms with Crippen molar-refractivity contribution in [2.75, 3.05) is 5.32 Å². The average molecular weight is 415 g/mol. The monoisotopic (exact) mass is 415 g/mol. The second-order valence-corrected chi connectivity index (χ2v) is 7.83. The maximum absolute atomic E-state index is 12.5. The molecule has 0 spiro atoms. The van der Waals surface area contributed by atoms with Gasteiger partial charge in [0.1, 0.15) is 0 Å². The molecule has 8 heteroatoms. The second-order valence-electron chi connectivity index (χ2n) is 7.83. The molecule has 3 heterocycles. The van der Waals surface area contributed by atoms with E-state index in [-0.39, 0.29) is 17.4 Å². The molecule has 1 aromatic carbocycles. The van der Waals surface area contributed by atoms with Crippen LogP contribution >= 0.6 is 0 Å². The Hall–Kier alpha value is -3.94. The number of nitrogens with one attached hydrogen (secondary N) is 1. The Morgan fingerprint density at radius 3 is 2.48 bits per heavy atom. The number of pyridine rings is 1. The summed E-state index contributed by atoms with van der Waals surface area (Å²) in [4.78, 5) is 43.0. The number of oxime groups is 1. The van der Waals surface area contributed by atoms with Crippen LogP contribution in [0.25, 0.3) is 11.3 Å². The number of amides is 1. The summed E-state index contributed by atoms with van der Waals surface area (Å²) in [6, 6.07) is 7.23. The van der Waals surface area contributed by atoms with E-state index in [0.29, 0.717) is 22.6 Å².